The summed E-state index contributed by atoms with van der Waals surface area (Å²) in [5, 5.41) is 2.72. The van der Waals surface area contributed by atoms with Crippen molar-refractivity contribution in [3.8, 4) is 11.5 Å². The standard InChI is InChI=1S/C18H13FN2O2/c19-17-12-13(10-11-20-17)18(22)21-15-8-4-5-9-16(15)23-14-6-2-1-3-7-14/h1-12H,(H,21,22). The quantitative estimate of drug-likeness (QED) is 0.732. The highest BCUT2D eigenvalue weighted by atomic mass is 19.1. The summed E-state index contributed by atoms with van der Waals surface area (Å²) in [5.41, 5.74) is 0.686. The van der Waals surface area contributed by atoms with Gasteiger partial charge in [-0.2, -0.15) is 4.39 Å². The molecule has 0 saturated heterocycles. The van der Waals surface area contributed by atoms with Gasteiger partial charge in [-0.05, 0) is 30.3 Å². The van der Waals surface area contributed by atoms with Crippen LogP contribution in [-0.2, 0) is 0 Å². The molecule has 3 aromatic rings. The molecule has 0 radical (unpaired) electrons. The van der Waals surface area contributed by atoms with Gasteiger partial charge in [-0.1, -0.05) is 30.3 Å². The van der Waals surface area contributed by atoms with Gasteiger partial charge in [0.25, 0.3) is 5.91 Å². The highest BCUT2D eigenvalue weighted by molar-refractivity contribution is 6.04. The lowest BCUT2D eigenvalue weighted by Gasteiger charge is -2.12. The number of benzene rings is 2. The van der Waals surface area contributed by atoms with Crippen LogP contribution in [0.5, 0.6) is 11.5 Å². The highest BCUT2D eigenvalue weighted by Crippen LogP contribution is 2.29. The molecule has 4 nitrogen and oxygen atoms in total. The van der Waals surface area contributed by atoms with Crippen LogP contribution in [-0.4, -0.2) is 10.9 Å². The second-order valence-corrected chi connectivity index (χ2v) is 4.73. The van der Waals surface area contributed by atoms with Crippen molar-refractivity contribution in [2.75, 3.05) is 5.32 Å². The van der Waals surface area contributed by atoms with Crippen LogP contribution < -0.4 is 10.1 Å². The molecule has 1 heterocycles. The predicted octanol–water partition coefficient (Wildman–Crippen LogP) is 4.27. The number of aromatic nitrogens is 1. The van der Waals surface area contributed by atoms with E-state index in [9.17, 15) is 9.18 Å². The third-order valence-corrected chi connectivity index (χ3v) is 3.10. The number of para-hydroxylation sites is 3. The van der Waals surface area contributed by atoms with E-state index < -0.39 is 11.9 Å². The zero-order valence-electron chi connectivity index (χ0n) is 12.1. The largest absolute Gasteiger partial charge is 0.455 e. The molecule has 0 aliphatic heterocycles. The molecule has 0 aliphatic rings. The second kappa shape index (κ2) is 6.70. The monoisotopic (exact) mass is 308 g/mol. The number of amides is 1. The van der Waals surface area contributed by atoms with Crippen LogP contribution in [0.3, 0.4) is 0 Å². The van der Waals surface area contributed by atoms with E-state index in [4.69, 9.17) is 4.74 Å². The fourth-order valence-corrected chi connectivity index (χ4v) is 2.01. The molecule has 0 saturated carbocycles. The summed E-state index contributed by atoms with van der Waals surface area (Å²) < 4.78 is 18.9. The minimum absolute atomic E-state index is 0.187. The molecular formula is C18H13FN2O2. The van der Waals surface area contributed by atoms with Crippen molar-refractivity contribution in [2.45, 2.75) is 0 Å². The van der Waals surface area contributed by atoms with E-state index in [0.717, 1.165) is 6.07 Å². The van der Waals surface area contributed by atoms with Crippen LogP contribution in [0.1, 0.15) is 10.4 Å². The smallest absolute Gasteiger partial charge is 0.255 e. The third kappa shape index (κ3) is 3.71. The summed E-state index contributed by atoms with van der Waals surface area (Å²) in [4.78, 5) is 15.6. The molecule has 0 bridgehead atoms. The summed E-state index contributed by atoms with van der Waals surface area (Å²) in [5.74, 6) is 0.0209. The first-order chi connectivity index (χ1) is 11.2. The topological polar surface area (TPSA) is 51.2 Å². The Hall–Kier alpha value is -3.21. The van der Waals surface area contributed by atoms with Crippen molar-refractivity contribution in [3.05, 3.63) is 84.4 Å². The number of nitrogens with one attached hydrogen (secondary N) is 1. The maximum atomic E-state index is 13.1. The summed E-state index contributed by atoms with van der Waals surface area (Å²) in [7, 11) is 0. The average molecular weight is 308 g/mol. The number of rotatable bonds is 4. The Kier molecular flexibility index (Phi) is 4.29. The van der Waals surface area contributed by atoms with Gasteiger partial charge in [0.2, 0.25) is 5.95 Å². The van der Waals surface area contributed by atoms with E-state index in [0.29, 0.717) is 17.2 Å². The highest BCUT2D eigenvalue weighted by Gasteiger charge is 2.11. The zero-order valence-corrected chi connectivity index (χ0v) is 12.1. The van der Waals surface area contributed by atoms with Crippen molar-refractivity contribution in [3.63, 3.8) is 0 Å². The minimum Gasteiger partial charge on any atom is -0.455 e. The molecule has 0 aliphatic carbocycles. The van der Waals surface area contributed by atoms with Gasteiger partial charge in [-0.25, -0.2) is 4.98 Å². The minimum atomic E-state index is -0.702. The summed E-state index contributed by atoms with van der Waals surface area (Å²) >= 11 is 0. The lowest BCUT2D eigenvalue weighted by atomic mass is 10.2. The Morgan fingerprint density at radius 1 is 1.00 bits per heavy atom. The number of hydrogen-bond donors (Lipinski definition) is 1. The number of carbonyl (C=O) groups is 1. The summed E-state index contributed by atoms with van der Waals surface area (Å²) in [6.45, 7) is 0. The molecule has 1 amide bonds. The number of pyridine rings is 1. The maximum Gasteiger partial charge on any atom is 0.255 e. The molecule has 1 N–H and O–H groups in total. The van der Waals surface area contributed by atoms with Crippen molar-refractivity contribution in [2.24, 2.45) is 0 Å². The molecule has 0 atom stereocenters. The van der Waals surface area contributed by atoms with Crippen LogP contribution in [0, 0.1) is 5.95 Å². The Labute approximate surface area is 132 Å². The fourth-order valence-electron chi connectivity index (χ4n) is 2.01. The summed E-state index contributed by atoms with van der Waals surface area (Å²) in [6, 6.07) is 18.8. The molecule has 5 heteroatoms. The van der Waals surface area contributed by atoms with Gasteiger partial charge in [0, 0.05) is 17.8 Å². The molecule has 2 aromatic carbocycles. The molecule has 0 fully saturated rings. The van der Waals surface area contributed by atoms with Gasteiger partial charge in [-0.15, -0.1) is 0 Å². The first kappa shape index (κ1) is 14.7. The molecule has 3 rings (SSSR count). The Morgan fingerprint density at radius 2 is 1.74 bits per heavy atom. The lowest BCUT2D eigenvalue weighted by molar-refractivity contribution is 0.102. The first-order valence-electron chi connectivity index (χ1n) is 6.97. The van der Waals surface area contributed by atoms with Gasteiger partial charge in [-0.3, -0.25) is 4.79 Å². The van der Waals surface area contributed by atoms with E-state index in [1.165, 1.54) is 12.3 Å². The van der Waals surface area contributed by atoms with Gasteiger partial charge < -0.3 is 10.1 Å². The van der Waals surface area contributed by atoms with Gasteiger partial charge in [0.15, 0.2) is 5.75 Å². The number of hydrogen-bond acceptors (Lipinski definition) is 3. The molecule has 23 heavy (non-hydrogen) atoms. The number of ether oxygens (including phenoxy) is 1. The van der Waals surface area contributed by atoms with E-state index in [1.807, 2.05) is 30.3 Å². The van der Waals surface area contributed by atoms with Crippen molar-refractivity contribution in [1.29, 1.82) is 0 Å². The number of nitrogens with zero attached hydrogens (tertiary/aromatic N) is 1. The molecule has 114 valence electrons. The van der Waals surface area contributed by atoms with E-state index in [-0.39, 0.29) is 5.56 Å². The molecule has 1 aromatic heterocycles. The van der Waals surface area contributed by atoms with Crippen molar-refractivity contribution in [1.82, 2.24) is 4.98 Å². The Balaban J connectivity index is 1.82. The Morgan fingerprint density at radius 3 is 2.52 bits per heavy atom. The summed E-state index contributed by atoms with van der Waals surface area (Å²) in [6.07, 6.45) is 1.25. The van der Waals surface area contributed by atoms with Crippen LogP contribution in [0.2, 0.25) is 0 Å². The van der Waals surface area contributed by atoms with Crippen LogP contribution in [0.4, 0.5) is 10.1 Å². The van der Waals surface area contributed by atoms with Crippen LogP contribution in [0.15, 0.2) is 72.9 Å². The number of halogens is 1. The molecule has 0 unspecified atom stereocenters. The average Bonchev–Trinajstić information content (AvgIpc) is 2.57. The van der Waals surface area contributed by atoms with Gasteiger partial charge >= 0.3 is 0 Å². The predicted molar refractivity (Wildman–Crippen MR) is 85.1 cm³/mol. The second-order valence-electron chi connectivity index (χ2n) is 4.73. The van der Waals surface area contributed by atoms with E-state index >= 15 is 0 Å². The molecule has 0 spiro atoms. The molecular weight excluding hydrogens is 295 g/mol. The first-order valence-corrected chi connectivity index (χ1v) is 6.97. The normalized spacial score (nSPS) is 10.1. The number of carbonyl (C=O) groups excluding carboxylic acids is 1. The zero-order chi connectivity index (χ0) is 16.1. The SMILES string of the molecule is O=C(Nc1ccccc1Oc1ccccc1)c1ccnc(F)c1. The lowest BCUT2D eigenvalue weighted by Crippen LogP contribution is -2.13. The van der Waals surface area contributed by atoms with Crippen LogP contribution in [0.25, 0.3) is 0 Å². The number of anilines is 1. The third-order valence-electron chi connectivity index (χ3n) is 3.10. The maximum absolute atomic E-state index is 13.1. The van der Waals surface area contributed by atoms with E-state index in [1.54, 1.807) is 24.3 Å². The van der Waals surface area contributed by atoms with Gasteiger partial charge in [0.05, 0.1) is 5.69 Å². The Bertz CT molecular complexity index is 822. The van der Waals surface area contributed by atoms with Crippen molar-refractivity contribution >= 4 is 11.6 Å². The van der Waals surface area contributed by atoms with Crippen molar-refractivity contribution < 1.29 is 13.9 Å². The van der Waals surface area contributed by atoms with Crippen LogP contribution >= 0.6 is 0 Å². The van der Waals surface area contributed by atoms with E-state index in [2.05, 4.69) is 10.3 Å². The fraction of sp³-hybridized carbons (Fsp3) is 0. The van der Waals surface area contributed by atoms with Gasteiger partial charge in [0.1, 0.15) is 5.75 Å².